The molecular weight excluding hydrogens is 455 g/mol. The van der Waals surface area contributed by atoms with Gasteiger partial charge in [0.05, 0.1) is 0 Å². The van der Waals surface area contributed by atoms with E-state index in [1.54, 1.807) is 0 Å². The van der Waals surface area contributed by atoms with Gasteiger partial charge in [-0.2, -0.15) is 0 Å². The number of carbonyl (C=O) groups is 1. The lowest BCUT2D eigenvalue weighted by Crippen LogP contribution is -2.42. The number of ether oxygens (including phenoxy) is 1. The lowest BCUT2D eigenvalue weighted by atomic mass is 10.00. The third-order valence-electron chi connectivity index (χ3n) is 5.02. The minimum absolute atomic E-state index is 0. The van der Waals surface area contributed by atoms with E-state index >= 15 is 0 Å². The summed E-state index contributed by atoms with van der Waals surface area (Å²) in [5.41, 5.74) is 7.29. The molecule has 0 radical (unpaired) electrons. The van der Waals surface area contributed by atoms with E-state index in [0.717, 1.165) is 38.3 Å². The first kappa shape index (κ1) is 21.8. The SMILES string of the molecule is CC1CCN(C(N)=NCCc2ccc(OCC(=O)NC3CC3)cc2)CC1.I. The molecule has 2 fully saturated rings. The molecule has 0 atom stereocenters. The van der Waals surface area contributed by atoms with Crippen molar-refractivity contribution in [3.63, 3.8) is 0 Å². The number of rotatable bonds is 7. The van der Waals surface area contributed by atoms with Crippen molar-refractivity contribution in [3.05, 3.63) is 29.8 Å². The molecule has 1 aromatic rings. The van der Waals surface area contributed by atoms with E-state index in [2.05, 4.69) is 22.1 Å². The Hall–Kier alpha value is -1.51. The van der Waals surface area contributed by atoms with Gasteiger partial charge >= 0.3 is 0 Å². The number of nitrogens with one attached hydrogen (secondary N) is 1. The van der Waals surface area contributed by atoms with Crippen LogP contribution in [0.25, 0.3) is 0 Å². The minimum atomic E-state index is -0.0477. The second-order valence-electron chi connectivity index (χ2n) is 7.43. The van der Waals surface area contributed by atoms with E-state index in [4.69, 9.17) is 10.5 Å². The highest BCUT2D eigenvalue weighted by Gasteiger charge is 2.23. The fraction of sp³-hybridized carbons (Fsp3) is 0.600. The van der Waals surface area contributed by atoms with Crippen LogP contribution in [0.15, 0.2) is 29.3 Å². The molecule has 1 saturated carbocycles. The maximum absolute atomic E-state index is 11.6. The predicted molar refractivity (Wildman–Crippen MR) is 119 cm³/mol. The van der Waals surface area contributed by atoms with Crippen molar-refractivity contribution in [1.29, 1.82) is 0 Å². The van der Waals surface area contributed by atoms with Gasteiger partial charge in [-0.1, -0.05) is 19.1 Å². The molecule has 150 valence electrons. The van der Waals surface area contributed by atoms with Gasteiger partial charge in [0, 0.05) is 25.7 Å². The average Bonchev–Trinajstić information content (AvgIpc) is 3.45. The summed E-state index contributed by atoms with van der Waals surface area (Å²) in [4.78, 5) is 18.3. The van der Waals surface area contributed by atoms with E-state index in [1.165, 1.54) is 18.4 Å². The van der Waals surface area contributed by atoms with Crippen LogP contribution in [-0.4, -0.2) is 49.0 Å². The van der Waals surface area contributed by atoms with Gasteiger partial charge in [0.25, 0.3) is 5.91 Å². The van der Waals surface area contributed by atoms with Gasteiger partial charge in [-0.3, -0.25) is 9.79 Å². The third-order valence-corrected chi connectivity index (χ3v) is 5.02. The van der Waals surface area contributed by atoms with Crippen LogP contribution in [0.3, 0.4) is 0 Å². The number of hydrogen-bond donors (Lipinski definition) is 2. The number of halogens is 1. The molecular formula is C20H31IN4O2. The molecule has 2 aliphatic rings. The summed E-state index contributed by atoms with van der Waals surface area (Å²) in [5.74, 6) is 2.12. The molecule has 1 aliphatic heterocycles. The first-order chi connectivity index (χ1) is 12.6. The Morgan fingerprint density at radius 2 is 1.89 bits per heavy atom. The third kappa shape index (κ3) is 7.56. The van der Waals surface area contributed by atoms with Gasteiger partial charge in [0.15, 0.2) is 12.6 Å². The van der Waals surface area contributed by atoms with Crippen LogP contribution >= 0.6 is 24.0 Å². The van der Waals surface area contributed by atoms with Crippen LogP contribution in [0.1, 0.15) is 38.2 Å². The summed E-state index contributed by atoms with van der Waals surface area (Å²) < 4.78 is 5.52. The Labute approximate surface area is 178 Å². The van der Waals surface area contributed by atoms with Crippen LogP contribution in [0, 0.1) is 5.92 Å². The Kier molecular flexibility index (Phi) is 8.66. The quantitative estimate of drug-likeness (QED) is 0.353. The summed E-state index contributed by atoms with van der Waals surface area (Å²) in [5, 5.41) is 2.91. The first-order valence-electron chi connectivity index (χ1n) is 9.66. The predicted octanol–water partition coefficient (Wildman–Crippen LogP) is 2.55. The lowest BCUT2D eigenvalue weighted by molar-refractivity contribution is -0.123. The summed E-state index contributed by atoms with van der Waals surface area (Å²) >= 11 is 0. The average molecular weight is 486 g/mol. The van der Waals surface area contributed by atoms with E-state index in [0.29, 0.717) is 24.3 Å². The maximum Gasteiger partial charge on any atom is 0.258 e. The van der Waals surface area contributed by atoms with Crippen LogP contribution < -0.4 is 15.8 Å². The zero-order chi connectivity index (χ0) is 18.4. The van der Waals surface area contributed by atoms with Crippen LogP contribution in [0.4, 0.5) is 0 Å². The van der Waals surface area contributed by atoms with Gasteiger partial charge in [-0.15, -0.1) is 24.0 Å². The highest BCUT2D eigenvalue weighted by Crippen LogP contribution is 2.19. The van der Waals surface area contributed by atoms with Gasteiger partial charge in [0.2, 0.25) is 0 Å². The molecule has 1 aromatic carbocycles. The van der Waals surface area contributed by atoms with E-state index < -0.39 is 0 Å². The number of benzene rings is 1. The van der Waals surface area contributed by atoms with E-state index in [9.17, 15) is 4.79 Å². The fourth-order valence-corrected chi connectivity index (χ4v) is 3.04. The standard InChI is InChI=1S/C20H30N4O2.HI/c1-15-9-12-24(13-10-15)20(21)22-11-8-16-2-6-18(7-3-16)26-14-19(25)23-17-4-5-17;/h2-3,6-7,15,17H,4-5,8-14H2,1H3,(H2,21,22)(H,23,25);1H. The van der Waals surface area contributed by atoms with Gasteiger partial charge < -0.3 is 20.7 Å². The van der Waals surface area contributed by atoms with Gasteiger partial charge in [0.1, 0.15) is 5.75 Å². The number of amides is 1. The van der Waals surface area contributed by atoms with Crippen molar-refractivity contribution in [2.75, 3.05) is 26.2 Å². The monoisotopic (exact) mass is 486 g/mol. The Morgan fingerprint density at radius 3 is 2.52 bits per heavy atom. The molecule has 1 saturated heterocycles. The molecule has 0 aromatic heterocycles. The van der Waals surface area contributed by atoms with Crippen molar-refractivity contribution >= 4 is 35.8 Å². The summed E-state index contributed by atoms with van der Waals surface area (Å²) in [7, 11) is 0. The van der Waals surface area contributed by atoms with Crippen molar-refractivity contribution < 1.29 is 9.53 Å². The van der Waals surface area contributed by atoms with Crippen molar-refractivity contribution in [2.24, 2.45) is 16.6 Å². The molecule has 3 N–H and O–H groups in total. The van der Waals surface area contributed by atoms with E-state index in [-0.39, 0.29) is 36.5 Å². The normalized spacial score (nSPS) is 18.0. The molecule has 7 heteroatoms. The van der Waals surface area contributed by atoms with Gasteiger partial charge in [-0.05, 0) is 55.7 Å². The van der Waals surface area contributed by atoms with Crippen molar-refractivity contribution in [2.45, 2.75) is 45.1 Å². The Bertz CT molecular complexity index is 623. The summed E-state index contributed by atoms with van der Waals surface area (Å²) in [6.45, 7) is 5.07. The molecule has 0 spiro atoms. The Morgan fingerprint density at radius 1 is 1.22 bits per heavy atom. The van der Waals surface area contributed by atoms with Crippen LogP contribution in [0.2, 0.25) is 0 Å². The number of aliphatic imine (C=N–C) groups is 1. The highest BCUT2D eigenvalue weighted by molar-refractivity contribution is 14.0. The van der Waals surface area contributed by atoms with E-state index in [1.807, 2.05) is 24.3 Å². The molecule has 0 unspecified atom stereocenters. The summed E-state index contributed by atoms with van der Waals surface area (Å²) in [6.07, 6.45) is 5.40. The zero-order valence-corrected chi connectivity index (χ0v) is 18.4. The number of nitrogens with zero attached hydrogens (tertiary/aromatic N) is 2. The number of nitrogens with two attached hydrogens (primary N) is 1. The molecule has 1 aliphatic carbocycles. The number of piperidine rings is 1. The topological polar surface area (TPSA) is 79.9 Å². The molecule has 1 heterocycles. The fourth-order valence-electron chi connectivity index (χ4n) is 3.04. The molecule has 27 heavy (non-hydrogen) atoms. The van der Waals surface area contributed by atoms with Crippen LogP contribution in [0.5, 0.6) is 5.75 Å². The minimum Gasteiger partial charge on any atom is -0.484 e. The Balaban J connectivity index is 0.00000261. The van der Waals surface area contributed by atoms with Crippen molar-refractivity contribution in [1.82, 2.24) is 10.2 Å². The molecule has 6 nitrogen and oxygen atoms in total. The maximum atomic E-state index is 11.6. The number of likely N-dealkylation sites (tertiary alicyclic amines) is 1. The number of guanidine groups is 1. The smallest absolute Gasteiger partial charge is 0.258 e. The van der Waals surface area contributed by atoms with Crippen LogP contribution in [-0.2, 0) is 11.2 Å². The van der Waals surface area contributed by atoms with Gasteiger partial charge in [-0.25, -0.2) is 0 Å². The highest BCUT2D eigenvalue weighted by atomic mass is 127. The lowest BCUT2D eigenvalue weighted by Gasteiger charge is -2.31. The number of carbonyl (C=O) groups excluding carboxylic acids is 1. The zero-order valence-electron chi connectivity index (χ0n) is 16.0. The second kappa shape index (κ2) is 10.7. The molecule has 0 bridgehead atoms. The first-order valence-corrected chi connectivity index (χ1v) is 9.66. The largest absolute Gasteiger partial charge is 0.484 e. The second-order valence-corrected chi connectivity index (χ2v) is 7.43. The summed E-state index contributed by atoms with van der Waals surface area (Å²) in [6, 6.07) is 8.21. The molecule has 1 amide bonds. The number of hydrogen-bond acceptors (Lipinski definition) is 3. The van der Waals surface area contributed by atoms with Crippen molar-refractivity contribution in [3.8, 4) is 5.75 Å². The molecule has 3 rings (SSSR count).